The molecule has 0 spiro atoms. The van der Waals surface area contributed by atoms with Crippen LogP contribution in [0.1, 0.15) is 31.4 Å². The molecule has 1 aliphatic heterocycles. The molecule has 1 heterocycles. The normalized spacial score (nSPS) is 15.4. The fraction of sp³-hybridized carbons (Fsp3) is 0.579. The van der Waals surface area contributed by atoms with Gasteiger partial charge in [0, 0.05) is 51.8 Å². The third-order valence-electron chi connectivity index (χ3n) is 4.97. The number of nitrogens with zero attached hydrogens (tertiary/aromatic N) is 3. The Kier molecular flexibility index (Phi) is 6.37. The van der Waals surface area contributed by atoms with Crippen LogP contribution < -0.4 is 4.90 Å². The van der Waals surface area contributed by atoms with Gasteiger partial charge in [0.05, 0.1) is 0 Å². The van der Waals surface area contributed by atoms with Crippen LogP contribution in [-0.4, -0.2) is 60.9 Å². The van der Waals surface area contributed by atoms with Gasteiger partial charge in [-0.3, -0.25) is 9.59 Å². The van der Waals surface area contributed by atoms with Crippen molar-refractivity contribution in [2.75, 3.05) is 44.2 Å². The molecule has 1 aliphatic rings. The summed E-state index contributed by atoms with van der Waals surface area (Å²) in [5.74, 6) is 0.120. The van der Waals surface area contributed by atoms with E-state index < -0.39 is 0 Å². The van der Waals surface area contributed by atoms with E-state index >= 15 is 0 Å². The average Bonchev–Trinajstić information content (AvgIpc) is 2.58. The predicted molar refractivity (Wildman–Crippen MR) is 97.3 cm³/mol. The number of carbonyl (C=O) groups is 2. The molecule has 1 aromatic rings. The Labute approximate surface area is 145 Å². The highest BCUT2D eigenvalue weighted by Crippen LogP contribution is 2.23. The van der Waals surface area contributed by atoms with Crippen molar-refractivity contribution in [3.8, 4) is 0 Å². The van der Waals surface area contributed by atoms with E-state index in [2.05, 4.69) is 11.8 Å². The highest BCUT2D eigenvalue weighted by molar-refractivity contribution is 5.93. The lowest BCUT2D eigenvalue weighted by Crippen LogP contribution is -2.49. The van der Waals surface area contributed by atoms with Crippen molar-refractivity contribution < 1.29 is 9.59 Å². The minimum absolute atomic E-state index is 0.0210. The van der Waals surface area contributed by atoms with Crippen LogP contribution in [0.4, 0.5) is 5.69 Å². The topological polar surface area (TPSA) is 43.9 Å². The molecule has 0 bridgehead atoms. The minimum atomic E-state index is -0.0210. The summed E-state index contributed by atoms with van der Waals surface area (Å²) in [6, 6.07) is 5.95. The summed E-state index contributed by atoms with van der Waals surface area (Å²) in [6.45, 7) is 12.7. The fourth-order valence-corrected chi connectivity index (χ4v) is 3.15. The Bertz CT molecular complexity index is 592. The third kappa shape index (κ3) is 4.35. The van der Waals surface area contributed by atoms with Crippen LogP contribution in [0, 0.1) is 13.8 Å². The number of amides is 2. The van der Waals surface area contributed by atoms with E-state index in [9.17, 15) is 9.59 Å². The van der Waals surface area contributed by atoms with Gasteiger partial charge in [-0.1, -0.05) is 19.1 Å². The number of hydrogen-bond acceptors (Lipinski definition) is 3. The van der Waals surface area contributed by atoms with Gasteiger partial charge in [0.25, 0.3) is 0 Å². The first-order valence-corrected chi connectivity index (χ1v) is 8.78. The van der Waals surface area contributed by atoms with Crippen molar-refractivity contribution >= 4 is 17.5 Å². The van der Waals surface area contributed by atoms with Gasteiger partial charge in [0.15, 0.2) is 0 Å². The largest absolute Gasteiger partial charge is 0.340 e. The van der Waals surface area contributed by atoms with Crippen molar-refractivity contribution in [2.24, 2.45) is 0 Å². The molecule has 1 saturated heterocycles. The highest BCUT2D eigenvalue weighted by atomic mass is 16.2. The molecule has 0 N–H and O–H groups in total. The van der Waals surface area contributed by atoms with Gasteiger partial charge in [-0.05, 0) is 37.6 Å². The summed E-state index contributed by atoms with van der Waals surface area (Å²) in [4.78, 5) is 30.5. The monoisotopic (exact) mass is 331 g/mol. The summed E-state index contributed by atoms with van der Waals surface area (Å²) >= 11 is 0. The summed E-state index contributed by atoms with van der Waals surface area (Å²) in [7, 11) is 0. The summed E-state index contributed by atoms with van der Waals surface area (Å²) in [6.07, 6.45) is 0.374. The van der Waals surface area contributed by atoms with Crippen molar-refractivity contribution in [3.05, 3.63) is 29.3 Å². The van der Waals surface area contributed by atoms with Crippen LogP contribution in [0.15, 0.2) is 18.2 Å². The van der Waals surface area contributed by atoms with Crippen LogP contribution in [0.25, 0.3) is 0 Å². The molecule has 0 radical (unpaired) electrons. The van der Waals surface area contributed by atoms with Crippen molar-refractivity contribution in [2.45, 2.75) is 34.1 Å². The molecule has 2 rings (SSSR count). The number of likely N-dealkylation sites (N-methyl/N-ethyl adjacent to an activating group) is 1. The number of rotatable bonds is 5. The first kappa shape index (κ1) is 18.5. The predicted octanol–water partition coefficient (Wildman–Crippen LogP) is 2.21. The van der Waals surface area contributed by atoms with Crippen LogP contribution in [0.3, 0.4) is 0 Å². The Morgan fingerprint density at radius 1 is 1.12 bits per heavy atom. The lowest BCUT2D eigenvalue weighted by molar-refractivity contribution is -0.132. The molecule has 0 unspecified atom stereocenters. The lowest BCUT2D eigenvalue weighted by atomic mass is 10.1. The maximum Gasteiger partial charge on any atom is 0.224 e. The van der Waals surface area contributed by atoms with Crippen molar-refractivity contribution in [1.82, 2.24) is 9.80 Å². The van der Waals surface area contributed by atoms with E-state index in [0.717, 1.165) is 49.5 Å². The first-order chi connectivity index (χ1) is 11.4. The van der Waals surface area contributed by atoms with Crippen LogP contribution >= 0.6 is 0 Å². The standard InChI is InChI=1S/C19H29N3O2/c1-5-20-11-13-21(14-12-20)19(24)9-10-22(17(4)23)18-8-6-7-15(2)16(18)3/h6-8H,5,9-14H2,1-4H3. The number of aryl methyl sites for hydroxylation is 1. The fourth-order valence-electron chi connectivity index (χ4n) is 3.15. The van der Waals surface area contributed by atoms with E-state index in [-0.39, 0.29) is 11.8 Å². The van der Waals surface area contributed by atoms with E-state index in [4.69, 9.17) is 0 Å². The number of hydrogen-bond donors (Lipinski definition) is 0. The number of piperazine rings is 1. The zero-order valence-electron chi connectivity index (χ0n) is 15.3. The van der Waals surface area contributed by atoms with Gasteiger partial charge in [-0.2, -0.15) is 0 Å². The lowest BCUT2D eigenvalue weighted by Gasteiger charge is -2.34. The van der Waals surface area contributed by atoms with Gasteiger partial charge >= 0.3 is 0 Å². The van der Waals surface area contributed by atoms with Gasteiger partial charge in [0.1, 0.15) is 0 Å². The third-order valence-corrected chi connectivity index (χ3v) is 4.97. The number of anilines is 1. The minimum Gasteiger partial charge on any atom is -0.340 e. The van der Waals surface area contributed by atoms with E-state index in [1.807, 2.05) is 36.9 Å². The second-order valence-corrected chi connectivity index (χ2v) is 6.45. The molecule has 0 saturated carbocycles. The molecule has 5 nitrogen and oxygen atoms in total. The molecular formula is C19H29N3O2. The van der Waals surface area contributed by atoms with Gasteiger partial charge in [-0.15, -0.1) is 0 Å². The molecule has 2 amide bonds. The molecule has 0 aromatic heterocycles. The molecule has 24 heavy (non-hydrogen) atoms. The van der Waals surface area contributed by atoms with Crippen LogP contribution in [-0.2, 0) is 9.59 Å². The first-order valence-electron chi connectivity index (χ1n) is 8.78. The van der Waals surface area contributed by atoms with Gasteiger partial charge in [0.2, 0.25) is 11.8 Å². The summed E-state index contributed by atoms with van der Waals surface area (Å²) in [5.41, 5.74) is 3.16. The summed E-state index contributed by atoms with van der Waals surface area (Å²) < 4.78 is 0. The molecular weight excluding hydrogens is 302 g/mol. The zero-order valence-corrected chi connectivity index (χ0v) is 15.3. The molecule has 0 aliphatic carbocycles. The molecule has 5 heteroatoms. The highest BCUT2D eigenvalue weighted by Gasteiger charge is 2.22. The van der Waals surface area contributed by atoms with E-state index in [0.29, 0.717) is 13.0 Å². The Hall–Kier alpha value is -1.88. The smallest absolute Gasteiger partial charge is 0.224 e. The number of benzene rings is 1. The second kappa shape index (κ2) is 8.29. The zero-order chi connectivity index (χ0) is 17.7. The Balaban J connectivity index is 1.98. The molecule has 132 valence electrons. The SMILES string of the molecule is CCN1CCN(C(=O)CCN(C(C)=O)c2cccc(C)c2C)CC1. The van der Waals surface area contributed by atoms with E-state index in [1.165, 1.54) is 0 Å². The van der Waals surface area contributed by atoms with Crippen molar-refractivity contribution in [3.63, 3.8) is 0 Å². The molecule has 0 atom stereocenters. The Morgan fingerprint density at radius 2 is 1.79 bits per heavy atom. The second-order valence-electron chi connectivity index (χ2n) is 6.45. The maximum absolute atomic E-state index is 12.5. The quantitative estimate of drug-likeness (QED) is 0.831. The molecule has 1 fully saturated rings. The summed E-state index contributed by atoms with van der Waals surface area (Å²) in [5, 5.41) is 0. The van der Waals surface area contributed by atoms with Crippen molar-refractivity contribution in [1.29, 1.82) is 0 Å². The number of carbonyl (C=O) groups excluding carboxylic acids is 2. The van der Waals surface area contributed by atoms with Gasteiger partial charge in [-0.25, -0.2) is 0 Å². The van der Waals surface area contributed by atoms with Crippen LogP contribution in [0.2, 0.25) is 0 Å². The van der Waals surface area contributed by atoms with Crippen LogP contribution in [0.5, 0.6) is 0 Å². The average molecular weight is 331 g/mol. The van der Waals surface area contributed by atoms with Gasteiger partial charge < -0.3 is 14.7 Å². The molecule has 1 aromatic carbocycles. The Morgan fingerprint density at radius 3 is 2.38 bits per heavy atom. The van der Waals surface area contributed by atoms with E-state index in [1.54, 1.807) is 11.8 Å². The maximum atomic E-state index is 12.5.